The predicted molar refractivity (Wildman–Crippen MR) is 97.5 cm³/mol. The van der Waals surface area contributed by atoms with Crippen LogP contribution in [0.5, 0.6) is 0 Å². The Bertz CT molecular complexity index is 687. The van der Waals surface area contributed by atoms with Gasteiger partial charge in [0.1, 0.15) is 5.82 Å². The summed E-state index contributed by atoms with van der Waals surface area (Å²) in [4.78, 5) is 7.35. The van der Waals surface area contributed by atoms with Gasteiger partial charge in [0, 0.05) is 37.0 Å². The average Bonchev–Trinajstić information content (AvgIpc) is 3.14. The molecule has 1 aliphatic carbocycles. The monoisotopic (exact) mass is 345 g/mol. The Morgan fingerprint density at radius 1 is 1.08 bits per heavy atom. The van der Waals surface area contributed by atoms with E-state index in [0.717, 1.165) is 68.3 Å². The molecule has 2 heterocycles. The number of anilines is 1. The molecule has 0 atom stereocenters. The van der Waals surface area contributed by atoms with Crippen molar-refractivity contribution in [2.24, 2.45) is 0 Å². The second-order valence-corrected chi connectivity index (χ2v) is 7.71. The molecule has 2 fully saturated rings. The minimum absolute atomic E-state index is 0.0869. The smallest absolute Gasteiger partial charge is 0.185 e. The summed E-state index contributed by atoms with van der Waals surface area (Å²) in [6.45, 7) is 4.01. The first kappa shape index (κ1) is 16.0. The Kier molecular flexibility index (Phi) is 4.55. The summed E-state index contributed by atoms with van der Waals surface area (Å²) in [5.74, 6) is -0.0869. The molecule has 5 heteroatoms. The Balaban J connectivity index is 1.72. The zero-order valence-corrected chi connectivity index (χ0v) is 14.7. The predicted octanol–water partition coefficient (Wildman–Crippen LogP) is 3.94. The van der Waals surface area contributed by atoms with E-state index < -0.39 is 0 Å². The van der Waals surface area contributed by atoms with Crippen molar-refractivity contribution in [2.75, 3.05) is 31.1 Å². The number of aromatic nitrogens is 1. The molecule has 1 aromatic heterocycles. The summed E-state index contributed by atoms with van der Waals surface area (Å²) in [6, 6.07) is 7.29. The van der Waals surface area contributed by atoms with Crippen LogP contribution in [0.2, 0.25) is 0 Å². The first-order valence-electron chi connectivity index (χ1n) is 8.96. The minimum Gasteiger partial charge on any atom is -0.346 e. The molecule has 2 aromatic rings. The van der Waals surface area contributed by atoms with Gasteiger partial charge in [-0.2, -0.15) is 0 Å². The van der Waals surface area contributed by atoms with Crippen molar-refractivity contribution in [1.82, 2.24) is 10.3 Å². The van der Waals surface area contributed by atoms with Crippen LogP contribution in [0.15, 0.2) is 29.6 Å². The largest absolute Gasteiger partial charge is 0.346 e. The van der Waals surface area contributed by atoms with Gasteiger partial charge in [-0.1, -0.05) is 37.5 Å². The van der Waals surface area contributed by atoms with Crippen molar-refractivity contribution in [3.63, 3.8) is 0 Å². The third kappa shape index (κ3) is 2.84. The highest BCUT2D eigenvalue weighted by Gasteiger charge is 2.39. The Labute approximate surface area is 146 Å². The summed E-state index contributed by atoms with van der Waals surface area (Å²) < 4.78 is 14.6. The molecule has 4 rings (SSSR count). The van der Waals surface area contributed by atoms with Gasteiger partial charge < -0.3 is 10.2 Å². The molecule has 0 amide bonds. The van der Waals surface area contributed by atoms with Crippen LogP contribution in [0.3, 0.4) is 0 Å². The van der Waals surface area contributed by atoms with E-state index in [0.29, 0.717) is 0 Å². The summed E-state index contributed by atoms with van der Waals surface area (Å²) in [5.41, 5.74) is 1.67. The molecule has 128 valence electrons. The van der Waals surface area contributed by atoms with Crippen LogP contribution < -0.4 is 10.2 Å². The number of thiazole rings is 1. The summed E-state index contributed by atoms with van der Waals surface area (Å²) in [5, 5.41) is 6.65. The van der Waals surface area contributed by atoms with Crippen LogP contribution in [-0.2, 0) is 5.41 Å². The van der Waals surface area contributed by atoms with Gasteiger partial charge in [-0.3, -0.25) is 0 Å². The highest BCUT2D eigenvalue weighted by atomic mass is 32.1. The SMILES string of the molecule is Fc1ccccc1C1(c2csc(N3CCNCC3)n2)CCCCC1. The second kappa shape index (κ2) is 6.81. The van der Waals surface area contributed by atoms with Gasteiger partial charge in [0.25, 0.3) is 0 Å². The number of hydrogen-bond acceptors (Lipinski definition) is 4. The van der Waals surface area contributed by atoms with E-state index in [1.54, 1.807) is 23.5 Å². The van der Waals surface area contributed by atoms with Gasteiger partial charge in [-0.25, -0.2) is 9.37 Å². The third-order valence-corrected chi connectivity index (χ3v) is 6.37. The van der Waals surface area contributed by atoms with Crippen LogP contribution in [-0.4, -0.2) is 31.2 Å². The fraction of sp³-hybridized carbons (Fsp3) is 0.526. The van der Waals surface area contributed by atoms with E-state index in [4.69, 9.17) is 4.98 Å². The number of nitrogens with zero attached hydrogens (tertiary/aromatic N) is 2. The fourth-order valence-corrected chi connectivity index (χ4v) is 5.13. The lowest BCUT2D eigenvalue weighted by Crippen LogP contribution is -2.43. The molecule has 1 aromatic carbocycles. The fourth-order valence-electron chi connectivity index (χ4n) is 4.15. The lowest BCUT2D eigenvalue weighted by Gasteiger charge is -2.37. The number of rotatable bonds is 3. The first-order valence-corrected chi connectivity index (χ1v) is 9.84. The molecule has 3 nitrogen and oxygen atoms in total. The van der Waals surface area contributed by atoms with Gasteiger partial charge >= 0.3 is 0 Å². The van der Waals surface area contributed by atoms with Crippen molar-refractivity contribution < 1.29 is 4.39 Å². The highest BCUT2D eigenvalue weighted by Crippen LogP contribution is 2.46. The maximum atomic E-state index is 14.6. The maximum Gasteiger partial charge on any atom is 0.185 e. The molecule has 1 aliphatic heterocycles. The van der Waals surface area contributed by atoms with Gasteiger partial charge in [-0.15, -0.1) is 11.3 Å². The van der Waals surface area contributed by atoms with Crippen molar-refractivity contribution in [3.8, 4) is 0 Å². The van der Waals surface area contributed by atoms with E-state index >= 15 is 0 Å². The standard InChI is InChI=1S/C19H24FN3S/c20-16-7-3-2-6-15(16)19(8-4-1-5-9-19)17-14-24-18(22-17)23-12-10-21-11-13-23/h2-3,6-7,14,21H,1,4-5,8-13H2. The van der Waals surface area contributed by atoms with Gasteiger partial charge in [-0.05, 0) is 24.5 Å². The van der Waals surface area contributed by atoms with Crippen LogP contribution in [0, 0.1) is 5.82 Å². The Morgan fingerprint density at radius 2 is 1.83 bits per heavy atom. The lowest BCUT2D eigenvalue weighted by molar-refractivity contribution is 0.329. The van der Waals surface area contributed by atoms with Crippen molar-refractivity contribution in [2.45, 2.75) is 37.5 Å². The zero-order valence-electron chi connectivity index (χ0n) is 13.9. The average molecular weight is 345 g/mol. The summed E-state index contributed by atoms with van der Waals surface area (Å²) >= 11 is 1.71. The molecular weight excluding hydrogens is 321 g/mol. The Morgan fingerprint density at radius 3 is 2.58 bits per heavy atom. The molecule has 24 heavy (non-hydrogen) atoms. The molecule has 0 unspecified atom stereocenters. The molecule has 0 spiro atoms. The van der Waals surface area contributed by atoms with Crippen molar-refractivity contribution in [3.05, 3.63) is 46.7 Å². The lowest BCUT2D eigenvalue weighted by atomic mass is 9.67. The number of piperazine rings is 1. The third-order valence-electron chi connectivity index (χ3n) is 5.47. The molecule has 1 saturated carbocycles. The zero-order chi connectivity index (χ0) is 16.4. The second-order valence-electron chi connectivity index (χ2n) is 6.87. The molecular formula is C19H24FN3S. The quantitative estimate of drug-likeness (QED) is 0.913. The molecule has 1 N–H and O–H groups in total. The van der Waals surface area contributed by atoms with E-state index in [9.17, 15) is 4.39 Å². The number of nitrogens with one attached hydrogen (secondary N) is 1. The summed E-state index contributed by atoms with van der Waals surface area (Å²) in [6.07, 6.45) is 5.53. The number of benzene rings is 1. The molecule has 0 radical (unpaired) electrons. The van der Waals surface area contributed by atoms with Crippen LogP contribution in [0.25, 0.3) is 0 Å². The van der Waals surface area contributed by atoms with E-state index in [2.05, 4.69) is 15.6 Å². The van der Waals surface area contributed by atoms with E-state index in [1.807, 2.05) is 12.1 Å². The number of hydrogen-bond donors (Lipinski definition) is 1. The topological polar surface area (TPSA) is 28.2 Å². The minimum atomic E-state index is -0.244. The summed E-state index contributed by atoms with van der Waals surface area (Å²) in [7, 11) is 0. The van der Waals surface area contributed by atoms with Crippen LogP contribution in [0.4, 0.5) is 9.52 Å². The van der Waals surface area contributed by atoms with Crippen molar-refractivity contribution >= 4 is 16.5 Å². The van der Waals surface area contributed by atoms with Crippen LogP contribution >= 0.6 is 11.3 Å². The molecule has 2 aliphatic rings. The van der Waals surface area contributed by atoms with Crippen molar-refractivity contribution in [1.29, 1.82) is 0 Å². The van der Waals surface area contributed by atoms with E-state index in [1.165, 1.54) is 6.42 Å². The maximum absolute atomic E-state index is 14.6. The normalized spacial score (nSPS) is 21.0. The van der Waals surface area contributed by atoms with E-state index in [-0.39, 0.29) is 11.2 Å². The molecule has 0 bridgehead atoms. The van der Waals surface area contributed by atoms with Crippen LogP contribution in [0.1, 0.15) is 43.4 Å². The highest BCUT2D eigenvalue weighted by molar-refractivity contribution is 7.13. The Hall–Kier alpha value is -1.46. The van der Waals surface area contributed by atoms with Gasteiger partial charge in [0.2, 0.25) is 0 Å². The first-order chi connectivity index (χ1) is 11.8. The molecule has 1 saturated heterocycles. The number of halogens is 1. The van der Waals surface area contributed by atoms with Gasteiger partial charge in [0.05, 0.1) is 5.69 Å². The van der Waals surface area contributed by atoms with Gasteiger partial charge in [0.15, 0.2) is 5.13 Å².